The summed E-state index contributed by atoms with van der Waals surface area (Å²) in [4.78, 5) is 0.286. The maximum atomic E-state index is 12.6. The van der Waals surface area contributed by atoms with E-state index in [1.165, 1.54) is 4.31 Å². The Labute approximate surface area is 120 Å². The molecule has 0 aromatic heterocycles. The molecule has 2 N–H and O–H groups in total. The van der Waals surface area contributed by atoms with E-state index in [9.17, 15) is 8.42 Å². The highest BCUT2D eigenvalue weighted by molar-refractivity contribution is 7.89. The lowest BCUT2D eigenvalue weighted by molar-refractivity contribution is 0.339. The van der Waals surface area contributed by atoms with Crippen molar-refractivity contribution in [1.29, 1.82) is 0 Å². The van der Waals surface area contributed by atoms with Gasteiger partial charge in [0.15, 0.2) is 0 Å². The molecule has 0 spiro atoms. The van der Waals surface area contributed by atoms with Crippen LogP contribution in [-0.4, -0.2) is 38.5 Å². The van der Waals surface area contributed by atoms with Crippen LogP contribution in [0.3, 0.4) is 0 Å². The summed E-state index contributed by atoms with van der Waals surface area (Å²) in [5, 5.41) is 0. The second kappa shape index (κ2) is 6.11. The minimum Gasteiger partial charge on any atom is -0.494 e. The van der Waals surface area contributed by atoms with Gasteiger partial charge in [-0.15, -0.1) is 0 Å². The lowest BCUT2D eigenvalue weighted by Gasteiger charge is -2.18. The summed E-state index contributed by atoms with van der Waals surface area (Å²) in [5.41, 5.74) is 5.86. The Morgan fingerprint density at radius 2 is 2.25 bits per heavy atom. The van der Waals surface area contributed by atoms with Crippen molar-refractivity contribution < 1.29 is 13.2 Å². The number of rotatable bonds is 5. The minimum absolute atomic E-state index is 0.0185. The zero-order valence-electron chi connectivity index (χ0n) is 12.0. The van der Waals surface area contributed by atoms with E-state index in [0.29, 0.717) is 25.4 Å². The molecule has 20 heavy (non-hydrogen) atoms. The van der Waals surface area contributed by atoms with Gasteiger partial charge in [0.1, 0.15) is 5.75 Å². The Balaban J connectivity index is 2.20. The normalized spacial score (nSPS) is 21.9. The van der Waals surface area contributed by atoms with E-state index in [2.05, 4.69) is 0 Å². The molecular formula is C14H22N2O3S. The molecule has 2 rings (SSSR count). The highest BCUT2D eigenvalue weighted by Crippen LogP contribution is 2.27. The maximum absolute atomic E-state index is 12.6. The molecule has 2 unspecified atom stereocenters. The van der Waals surface area contributed by atoms with Crippen LogP contribution < -0.4 is 10.5 Å². The van der Waals surface area contributed by atoms with Crippen LogP contribution >= 0.6 is 0 Å². The van der Waals surface area contributed by atoms with Crippen LogP contribution in [0.2, 0.25) is 0 Å². The first-order valence-electron chi connectivity index (χ1n) is 6.93. The Kier molecular flexibility index (Phi) is 4.67. The predicted octanol–water partition coefficient (Wildman–Crippen LogP) is 1.44. The van der Waals surface area contributed by atoms with E-state index in [4.69, 9.17) is 10.5 Å². The third-order valence-electron chi connectivity index (χ3n) is 3.69. The van der Waals surface area contributed by atoms with Gasteiger partial charge < -0.3 is 10.5 Å². The molecule has 112 valence electrons. The highest BCUT2D eigenvalue weighted by Gasteiger charge is 2.34. The molecule has 0 bridgehead atoms. The van der Waals surface area contributed by atoms with Gasteiger partial charge in [-0.25, -0.2) is 8.42 Å². The molecule has 0 saturated carbocycles. The van der Waals surface area contributed by atoms with Crippen molar-refractivity contribution >= 4 is 10.0 Å². The molecule has 5 nitrogen and oxygen atoms in total. The first-order chi connectivity index (χ1) is 9.45. The molecule has 1 aliphatic rings. The fourth-order valence-electron chi connectivity index (χ4n) is 2.44. The molecule has 1 aliphatic heterocycles. The molecule has 6 heteroatoms. The van der Waals surface area contributed by atoms with Crippen molar-refractivity contribution in [3.63, 3.8) is 0 Å². The van der Waals surface area contributed by atoms with Crippen LogP contribution in [0.15, 0.2) is 29.2 Å². The second-order valence-electron chi connectivity index (χ2n) is 5.18. The van der Waals surface area contributed by atoms with E-state index < -0.39 is 10.0 Å². The van der Waals surface area contributed by atoms with Gasteiger partial charge in [-0.05, 0) is 38.3 Å². The highest BCUT2D eigenvalue weighted by atomic mass is 32.2. The fourth-order valence-corrected chi connectivity index (χ4v) is 3.99. The Morgan fingerprint density at radius 3 is 2.85 bits per heavy atom. The number of ether oxygens (including phenoxy) is 1. The van der Waals surface area contributed by atoms with Crippen LogP contribution in [0.4, 0.5) is 0 Å². The van der Waals surface area contributed by atoms with Gasteiger partial charge in [-0.2, -0.15) is 4.31 Å². The largest absolute Gasteiger partial charge is 0.494 e. The molecule has 1 aromatic carbocycles. The van der Waals surface area contributed by atoms with Crippen molar-refractivity contribution in [2.75, 3.05) is 19.7 Å². The molecule has 1 fully saturated rings. The Hall–Kier alpha value is -1.11. The number of hydrogen-bond acceptors (Lipinski definition) is 4. The lowest BCUT2D eigenvalue weighted by atomic mass is 10.0. The predicted molar refractivity (Wildman–Crippen MR) is 78.1 cm³/mol. The first-order valence-corrected chi connectivity index (χ1v) is 8.37. The second-order valence-corrected chi connectivity index (χ2v) is 7.12. The SMILES string of the molecule is CCOc1cccc(S(=O)(=O)N2CCC(C(C)N)C2)c1. The van der Waals surface area contributed by atoms with Gasteiger partial charge in [0.05, 0.1) is 11.5 Å². The molecule has 2 atom stereocenters. The number of nitrogens with zero attached hydrogens (tertiary/aromatic N) is 1. The van der Waals surface area contributed by atoms with Crippen molar-refractivity contribution in [2.24, 2.45) is 11.7 Å². The standard InChI is InChI=1S/C14H22N2O3S/c1-3-19-13-5-4-6-14(9-13)20(17,18)16-8-7-12(10-16)11(2)15/h4-6,9,11-12H,3,7-8,10,15H2,1-2H3. The van der Waals surface area contributed by atoms with Crippen molar-refractivity contribution in [3.05, 3.63) is 24.3 Å². The topological polar surface area (TPSA) is 72.6 Å². The average Bonchev–Trinajstić information content (AvgIpc) is 2.90. The van der Waals surface area contributed by atoms with E-state index in [-0.39, 0.29) is 16.9 Å². The number of benzene rings is 1. The third-order valence-corrected chi connectivity index (χ3v) is 5.55. The summed E-state index contributed by atoms with van der Waals surface area (Å²) in [6.07, 6.45) is 0.821. The number of hydrogen-bond donors (Lipinski definition) is 1. The number of sulfonamides is 1. The number of nitrogens with two attached hydrogens (primary N) is 1. The van der Waals surface area contributed by atoms with Crippen LogP contribution in [0.1, 0.15) is 20.3 Å². The van der Waals surface area contributed by atoms with E-state index in [0.717, 1.165) is 6.42 Å². The molecule has 0 aliphatic carbocycles. The maximum Gasteiger partial charge on any atom is 0.243 e. The molecule has 1 saturated heterocycles. The summed E-state index contributed by atoms with van der Waals surface area (Å²) in [6, 6.07) is 6.67. The zero-order chi connectivity index (χ0) is 14.8. The van der Waals surface area contributed by atoms with Crippen molar-refractivity contribution in [2.45, 2.75) is 31.2 Å². The molecule has 1 heterocycles. The van der Waals surface area contributed by atoms with Crippen LogP contribution in [-0.2, 0) is 10.0 Å². The van der Waals surface area contributed by atoms with E-state index >= 15 is 0 Å². The summed E-state index contributed by atoms with van der Waals surface area (Å²) < 4.78 is 32.1. The molecule has 0 amide bonds. The third kappa shape index (κ3) is 3.13. The van der Waals surface area contributed by atoms with Crippen molar-refractivity contribution in [3.8, 4) is 5.75 Å². The van der Waals surface area contributed by atoms with Crippen LogP contribution in [0.25, 0.3) is 0 Å². The fraction of sp³-hybridized carbons (Fsp3) is 0.571. The van der Waals surface area contributed by atoms with Gasteiger partial charge in [0.2, 0.25) is 10.0 Å². The minimum atomic E-state index is -3.45. The molecule has 1 aromatic rings. The van der Waals surface area contributed by atoms with E-state index in [1.807, 2.05) is 13.8 Å². The lowest BCUT2D eigenvalue weighted by Crippen LogP contribution is -2.33. The van der Waals surface area contributed by atoms with Gasteiger partial charge in [-0.1, -0.05) is 6.07 Å². The van der Waals surface area contributed by atoms with E-state index in [1.54, 1.807) is 24.3 Å². The van der Waals surface area contributed by atoms with Gasteiger partial charge >= 0.3 is 0 Å². The summed E-state index contributed by atoms with van der Waals surface area (Å²) in [7, 11) is -3.45. The Bertz CT molecular complexity index is 557. The summed E-state index contributed by atoms with van der Waals surface area (Å²) >= 11 is 0. The van der Waals surface area contributed by atoms with Crippen molar-refractivity contribution in [1.82, 2.24) is 4.31 Å². The van der Waals surface area contributed by atoms with Gasteiger partial charge in [0, 0.05) is 25.2 Å². The first kappa shape index (κ1) is 15.3. The smallest absolute Gasteiger partial charge is 0.243 e. The summed E-state index contributed by atoms with van der Waals surface area (Å²) in [5.74, 6) is 0.816. The molecule has 0 radical (unpaired) electrons. The molecular weight excluding hydrogens is 276 g/mol. The summed E-state index contributed by atoms with van der Waals surface area (Å²) in [6.45, 7) is 5.34. The monoisotopic (exact) mass is 298 g/mol. The van der Waals surface area contributed by atoms with Gasteiger partial charge in [-0.3, -0.25) is 0 Å². The average molecular weight is 298 g/mol. The Morgan fingerprint density at radius 1 is 1.50 bits per heavy atom. The van der Waals surface area contributed by atoms with Crippen LogP contribution in [0.5, 0.6) is 5.75 Å². The quantitative estimate of drug-likeness (QED) is 0.893. The van der Waals surface area contributed by atoms with Gasteiger partial charge in [0.25, 0.3) is 0 Å². The van der Waals surface area contributed by atoms with Crippen LogP contribution in [0, 0.1) is 5.92 Å². The zero-order valence-corrected chi connectivity index (χ0v) is 12.8.